The summed E-state index contributed by atoms with van der Waals surface area (Å²) >= 11 is 4.75. The van der Waals surface area contributed by atoms with Gasteiger partial charge in [-0.3, -0.25) is 4.90 Å². The molecule has 2 heterocycles. The van der Waals surface area contributed by atoms with Gasteiger partial charge in [-0.1, -0.05) is 17.7 Å². The molecule has 0 radical (unpaired) electrons. The number of benzene rings is 3. The predicted molar refractivity (Wildman–Crippen MR) is 151 cm³/mol. The van der Waals surface area contributed by atoms with Crippen LogP contribution in [0.25, 0.3) is 21.8 Å². The fourth-order valence-electron chi connectivity index (χ4n) is 4.76. The maximum absolute atomic E-state index is 11.0. The first-order chi connectivity index (χ1) is 15.5. The minimum Gasteiger partial charge on any atom is -0.390 e. The summed E-state index contributed by atoms with van der Waals surface area (Å²) in [6.07, 6.45) is -0.404. The van der Waals surface area contributed by atoms with Crippen molar-refractivity contribution in [3.05, 3.63) is 73.4 Å². The lowest BCUT2D eigenvalue weighted by Gasteiger charge is -2.37. The molecule has 1 atom stereocenters. The number of aliphatic hydroxyl groups excluding tert-OH is 1. The van der Waals surface area contributed by atoms with E-state index in [2.05, 4.69) is 127 Å². The molecule has 166 valence electrons. The molecular formula is C26H27I2N3O. The molecule has 1 aliphatic rings. The molecule has 0 saturated carbocycles. The van der Waals surface area contributed by atoms with E-state index in [1.807, 2.05) is 0 Å². The molecule has 6 heteroatoms. The van der Waals surface area contributed by atoms with E-state index in [0.29, 0.717) is 13.1 Å². The highest BCUT2D eigenvalue weighted by Crippen LogP contribution is 2.31. The Bertz CT molecular complexity index is 1180. The van der Waals surface area contributed by atoms with Gasteiger partial charge in [0.1, 0.15) is 0 Å². The molecule has 1 unspecified atom stereocenters. The Labute approximate surface area is 216 Å². The van der Waals surface area contributed by atoms with Gasteiger partial charge in [-0.2, -0.15) is 0 Å². The van der Waals surface area contributed by atoms with Crippen LogP contribution in [0.3, 0.4) is 0 Å². The Morgan fingerprint density at radius 1 is 0.781 bits per heavy atom. The van der Waals surface area contributed by atoms with Gasteiger partial charge in [-0.15, -0.1) is 0 Å². The summed E-state index contributed by atoms with van der Waals surface area (Å²) in [7, 11) is 0. The molecule has 32 heavy (non-hydrogen) atoms. The fraction of sp³-hybridized carbons (Fsp3) is 0.308. The van der Waals surface area contributed by atoms with Crippen LogP contribution in [0, 0.1) is 14.1 Å². The van der Waals surface area contributed by atoms with Crippen molar-refractivity contribution in [3.8, 4) is 0 Å². The highest BCUT2D eigenvalue weighted by atomic mass is 127. The maximum atomic E-state index is 11.0. The molecule has 1 saturated heterocycles. The smallest absolute Gasteiger partial charge is 0.0845 e. The molecule has 1 N–H and O–H groups in total. The van der Waals surface area contributed by atoms with Crippen LogP contribution in [0.15, 0.2) is 60.7 Å². The number of halogens is 2. The number of aromatic nitrogens is 1. The molecule has 0 bridgehead atoms. The van der Waals surface area contributed by atoms with Crippen LogP contribution >= 0.6 is 45.2 Å². The van der Waals surface area contributed by atoms with E-state index < -0.39 is 6.10 Å². The van der Waals surface area contributed by atoms with Gasteiger partial charge in [-0.25, -0.2) is 0 Å². The van der Waals surface area contributed by atoms with Crippen molar-refractivity contribution in [3.63, 3.8) is 0 Å². The van der Waals surface area contributed by atoms with Crippen LogP contribution in [0.5, 0.6) is 0 Å². The average molecular weight is 651 g/mol. The number of β-amino-alcohol motifs (C(OH)–C–C–N with tert-alkyl or cyclic N) is 1. The quantitative estimate of drug-likeness (QED) is 0.290. The summed E-state index contributed by atoms with van der Waals surface area (Å²) in [5.41, 5.74) is 4.99. The monoisotopic (exact) mass is 651 g/mol. The van der Waals surface area contributed by atoms with Crippen LogP contribution in [-0.2, 0) is 6.54 Å². The zero-order chi connectivity index (χ0) is 22.2. The van der Waals surface area contributed by atoms with Crippen molar-refractivity contribution >= 4 is 72.7 Å². The second-order valence-corrected chi connectivity index (χ2v) is 11.2. The van der Waals surface area contributed by atoms with Crippen molar-refractivity contribution < 1.29 is 5.11 Å². The average Bonchev–Trinajstić information content (AvgIpc) is 3.07. The van der Waals surface area contributed by atoms with E-state index in [9.17, 15) is 5.11 Å². The lowest BCUT2D eigenvalue weighted by molar-refractivity contribution is 0.0969. The van der Waals surface area contributed by atoms with E-state index in [-0.39, 0.29) is 0 Å². The van der Waals surface area contributed by atoms with Crippen molar-refractivity contribution in [2.45, 2.75) is 19.6 Å². The molecule has 1 aliphatic heterocycles. The summed E-state index contributed by atoms with van der Waals surface area (Å²) in [6.45, 7) is 7.41. The third-order valence-electron chi connectivity index (χ3n) is 6.42. The van der Waals surface area contributed by atoms with Gasteiger partial charge in [-0.05, 0) is 101 Å². The molecular weight excluding hydrogens is 624 g/mol. The molecule has 0 amide bonds. The molecule has 3 aromatic carbocycles. The molecule has 4 nitrogen and oxygen atoms in total. The number of aryl methyl sites for hydroxylation is 1. The Hall–Kier alpha value is -1.36. The second kappa shape index (κ2) is 9.48. The maximum Gasteiger partial charge on any atom is 0.0845 e. The number of hydrogen-bond acceptors (Lipinski definition) is 3. The highest BCUT2D eigenvalue weighted by molar-refractivity contribution is 14.1. The standard InChI is InChI=1S/C26H27I2N3O/c1-18-2-6-21(7-3-18)30-12-10-29(11-13-30)16-22(32)17-31-25-8-4-19(27)14-23(25)24-15-20(28)5-9-26(24)31/h2-9,14-15,22,32H,10-13,16-17H2,1H3. The Balaban J connectivity index is 1.29. The van der Waals surface area contributed by atoms with E-state index in [1.165, 1.54) is 40.2 Å². The highest BCUT2D eigenvalue weighted by Gasteiger charge is 2.21. The summed E-state index contributed by atoms with van der Waals surface area (Å²) < 4.78 is 4.77. The Kier molecular flexibility index (Phi) is 6.65. The lowest BCUT2D eigenvalue weighted by atomic mass is 10.2. The number of aliphatic hydroxyl groups is 1. The van der Waals surface area contributed by atoms with Crippen molar-refractivity contribution in [2.75, 3.05) is 37.6 Å². The normalized spacial score (nSPS) is 16.2. The minimum absolute atomic E-state index is 0.404. The summed E-state index contributed by atoms with van der Waals surface area (Å²) in [5, 5.41) is 13.6. The molecule has 0 aliphatic carbocycles. The minimum atomic E-state index is -0.404. The number of nitrogens with zero attached hydrogens (tertiary/aromatic N) is 3. The van der Waals surface area contributed by atoms with E-state index in [4.69, 9.17) is 0 Å². The predicted octanol–water partition coefficient (Wildman–Crippen LogP) is 5.50. The van der Waals surface area contributed by atoms with E-state index in [1.54, 1.807) is 0 Å². The van der Waals surface area contributed by atoms with Gasteiger partial charge in [0.25, 0.3) is 0 Å². The summed E-state index contributed by atoms with van der Waals surface area (Å²) in [6, 6.07) is 22.0. The lowest BCUT2D eigenvalue weighted by Crippen LogP contribution is -2.49. The SMILES string of the molecule is Cc1ccc(N2CCN(CC(O)Cn3c4ccc(I)cc4c4cc(I)ccc43)CC2)cc1. The molecule has 1 aromatic heterocycles. The zero-order valence-electron chi connectivity index (χ0n) is 18.1. The topological polar surface area (TPSA) is 31.6 Å². The van der Waals surface area contributed by atoms with Crippen LogP contribution in [0.1, 0.15) is 5.56 Å². The largest absolute Gasteiger partial charge is 0.390 e. The Morgan fingerprint density at radius 2 is 1.34 bits per heavy atom. The van der Waals surface area contributed by atoms with Gasteiger partial charge in [0.2, 0.25) is 0 Å². The first-order valence-corrected chi connectivity index (χ1v) is 13.2. The van der Waals surface area contributed by atoms with Crippen LogP contribution < -0.4 is 4.90 Å². The van der Waals surface area contributed by atoms with Gasteiger partial charge in [0.05, 0.1) is 12.6 Å². The van der Waals surface area contributed by atoms with Gasteiger partial charge < -0.3 is 14.6 Å². The number of anilines is 1. The van der Waals surface area contributed by atoms with Crippen molar-refractivity contribution in [2.24, 2.45) is 0 Å². The number of fused-ring (bicyclic) bond motifs is 3. The number of hydrogen-bond donors (Lipinski definition) is 1. The second-order valence-electron chi connectivity index (χ2n) is 8.71. The molecule has 1 fully saturated rings. The fourth-order valence-corrected chi connectivity index (χ4v) is 5.74. The zero-order valence-corrected chi connectivity index (χ0v) is 22.5. The molecule has 4 aromatic rings. The third kappa shape index (κ3) is 4.64. The first-order valence-electron chi connectivity index (χ1n) is 11.1. The molecule has 0 spiro atoms. The molecule has 5 rings (SSSR count). The van der Waals surface area contributed by atoms with Crippen LogP contribution in [-0.4, -0.2) is 53.4 Å². The van der Waals surface area contributed by atoms with Gasteiger partial charge >= 0.3 is 0 Å². The first kappa shape index (κ1) is 22.4. The summed E-state index contributed by atoms with van der Waals surface area (Å²) in [5.74, 6) is 0. The number of rotatable bonds is 5. The van der Waals surface area contributed by atoms with Crippen molar-refractivity contribution in [1.82, 2.24) is 9.47 Å². The third-order valence-corrected chi connectivity index (χ3v) is 7.76. The number of piperazine rings is 1. The van der Waals surface area contributed by atoms with Crippen molar-refractivity contribution in [1.29, 1.82) is 0 Å². The van der Waals surface area contributed by atoms with Crippen LogP contribution in [0.2, 0.25) is 0 Å². The summed E-state index contributed by atoms with van der Waals surface area (Å²) in [4.78, 5) is 4.84. The van der Waals surface area contributed by atoms with E-state index in [0.717, 1.165) is 26.2 Å². The van der Waals surface area contributed by atoms with Crippen LogP contribution in [0.4, 0.5) is 5.69 Å². The van der Waals surface area contributed by atoms with Gasteiger partial charge in [0, 0.05) is 67.4 Å². The Morgan fingerprint density at radius 3 is 1.91 bits per heavy atom. The van der Waals surface area contributed by atoms with E-state index >= 15 is 0 Å². The van der Waals surface area contributed by atoms with Gasteiger partial charge in [0.15, 0.2) is 0 Å².